The first-order valence-corrected chi connectivity index (χ1v) is 17.5. The highest BCUT2D eigenvalue weighted by atomic mass is 32.2. The molecule has 0 fully saturated rings. The Hall–Kier alpha value is -6.25. The number of carboxylic acids is 1. The highest BCUT2D eigenvalue weighted by Gasteiger charge is 2.38. The van der Waals surface area contributed by atoms with Crippen LogP contribution in [0, 0.1) is 0 Å². The van der Waals surface area contributed by atoms with Gasteiger partial charge in [0.15, 0.2) is 0 Å². The first-order chi connectivity index (χ1) is 24.4. The fourth-order valence-corrected chi connectivity index (χ4v) is 7.98. The third-order valence-corrected chi connectivity index (χ3v) is 10.6. The Morgan fingerprint density at radius 3 is 1.64 bits per heavy atom. The Morgan fingerprint density at radius 1 is 0.660 bits per heavy atom. The quantitative estimate of drug-likeness (QED) is 0.139. The van der Waals surface area contributed by atoms with Gasteiger partial charge in [0.05, 0.1) is 34.7 Å². The second-order valence-electron chi connectivity index (χ2n) is 11.8. The molecule has 0 bridgehead atoms. The van der Waals surface area contributed by atoms with E-state index in [4.69, 9.17) is 4.98 Å². The summed E-state index contributed by atoms with van der Waals surface area (Å²) in [4.78, 5) is 17.2. The summed E-state index contributed by atoms with van der Waals surface area (Å²) in [7, 11) is -4.13. The number of hydrogen-bond donors (Lipinski definition) is 1. The summed E-state index contributed by atoms with van der Waals surface area (Å²) in [6.45, 7) is -0.112. The van der Waals surface area contributed by atoms with Gasteiger partial charge in [0.25, 0.3) is 10.0 Å². The average Bonchev–Trinajstić information content (AvgIpc) is 3.65. The SMILES string of the molecule is O=C(O)c1ccc(N(Cc2cn(C(c3ccccc3)(c3ccccc3)c3ccccc3)cn2)S(=O)(=O)c2ccccc2)cc1-c1ccccc1. The van der Waals surface area contributed by atoms with Crippen LogP contribution in [0.3, 0.4) is 0 Å². The summed E-state index contributed by atoms with van der Waals surface area (Å²) in [6.07, 6.45) is 3.64. The van der Waals surface area contributed by atoms with Crippen LogP contribution in [0.4, 0.5) is 5.69 Å². The first kappa shape index (κ1) is 32.3. The number of benzene rings is 6. The molecule has 0 aliphatic rings. The van der Waals surface area contributed by atoms with Gasteiger partial charge in [-0.3, -0.25) is 4.31 Å². The van der Waals surface area contributed by atoms with Gasteiger partial charge in [0.2, 0.25) is 0 Å². The van der Waals surface area contributed by atoms with Crippen molar-refractivity contribution in [2.24, 2.45) is 0 Å². The van der Waals surface area contributed by atoms with E-state index in [9.17, 15) is 18.3 Å². The van der Waals surface area contributed by atoms with Crippen molar-refractivity contribution in [2.75, 3.05) is 4.31 Å². The maximum atomic E-state index is 14.4. The zero-order valence-electron chi connectivity index (χ0n) is 26.9. The molecule has 1 N–H and O–H groups in total. The van der Waals surface area contributed by atoms with Gasteiger partial charge in [-0.15, -0.1) is 0 Å². The number of carbonyl (C=O) groups is 1. The molecular formula is C42H33N3O4S. The standard InChI is InChI=1S/C42H33N3O4S/c46-41(47)39-27-26-37(28-40(39)32-16-6-1-7-17-32)45(50(48,49)38-24-14-5-15-25-38)30-36-29-44(31-43-36)42(33-18-8-2-9-19-33,34-20-10-3-11-21-34)35-22-12-4-13-23-35/h1-29,31H,30H2,(H,46,47). The van der Waals surface area contributed by atoms with Crippen molar-refractivity contribution in [3.8, 4) is 11.1 Å². The minimum absolute atomic E-state index is 0.0691. The fourth-order valence-electron chi connectivity index (χ4n) is 6.53. The van der Waals surface area contributed by atoms with Gasteiger partial charge in [-0.1, -0.05) is 140 Å². The number of carboxylic acid groups (broad SMARTS) is 1. The zero-order valence-corrected chi connectivity index (χ0v) is 27.8. The van der Waals surface area contributed by atoms with E-state index < -0.39 is 21.5 Å². The maximum absolute atomic E-state index is 14.4. The Kier molecular flexibility index (Phi) is 8.85. The molecule has 6 aromatic carbocycles. The lowest BCUT2D eigenvalue weighted by Gasteiger charge is -2.37. The highest BCUT2D eigenvalue weighted by molar-refractivity contribution is 7.92. The van der Waals surface area contributed by atoms with Crippen molar-refractivity contribution in [2.45, 2.75) is 17.0 Å². The van der Waals surface area contributed by atoms with Crippen LogP contribution in [-0.2, 0) is 22.1 Å². The van der Waals surface area contributed by atoms with Crippen LogP contribution in [0.15, 0.2) is 187 Å². The number of hydrogen-bond acceptors (Lipinski definition) is 4. The molecule has 0 aliphatic heterocycles. The zero-order chi connectivity index (χ0) is 34.6. The van der Waals surface area contributed by atoms with Crippen LogP contribution in [0.25, 0.3) is 11.1 Å². The van der Waals surface area contributed by atoms with E-state index in [0.29, 0.717) is 22.5 Å². The molecule has 0 radical (unpaired) electrons. The number of imidazole rings is 1. The molecule has 7 nitrogen and oxygen atoms in total. The van der Waals surface area contributed by atoms with Crippen molar-refractivity contribution in [3.63, 3.8) is 0 Å². The number of aromatic nitrogens is 2. The van der Waals surface area contributed by atoms with Gasteiger partial charge in [0.1, 0.15) is 5.54 Å². The molecule has 7 aromatic rings. The Bertz CT molecular complexity index is 2230. The largest absolute Gasteiger partial charge is 0.478 e. The number of rotatable bonds is 11. The summed E-state index contributed by atoms with van der Waals surface area (Å²) in [5, 5.41) is 10.0. The van der Waals surface area contributed by atoms with E-state index in [0.717, 1.165) is 16.7 Å². The van der Waals surface area contributed by atoms with E-state index in [2.05, 4.69) is 36.4 Å². The van der Waals surface area contributed by atoms with Gasteiger partial charge in [0, 0.05) is 6.20 Å². The van der Waals surface area contributed by atoms with E-state index in [-0.39, 0.29) is 17.0 Å². The van der Waals surface area contributed by atoms with Crippen LogP contribution in [0.1, 0.15) is 32.7 Å². The monoisotopic (exact) mass is 675 g/mol. The van der Waals surface area contributed by atoms with Gasteiger partial charge >= 0.3 is 5.97 Å². The second-order valence-corrected chi connectivity index (χ2v) is 13.7. The van der Waals surface area contributed by atoms with Crippen molar-refractivity contribution >= 4 is 21.7 Å². The minimum atomic E-state index is -4.13. The van der Waals surface area contributed by atoms with E-state index in [1.54, 1.807) is 54.9 Å². The van der Waals surface area contributed by atoms with Crippen LogP contribution < -0.4 is 4.31 Å². The van der Waals surface area contributed by atoms with Crippen LogP contribution in [-0.4, -0.2) is 29.0 Å². The molecule has 0 saturated carbocycles. The molecule has 0 unspecified atom stereocenters. The predicted octanol–water partition coefficient (Wildman–Crippen LogP) is 8.48. The molecule has 7 rings (SSSR count). The van der Waals surface area contributed by atoms with E-state index >= 15 is 0 Å². The van der Waals surface area contributed by atoms with Crippen molar-refractivity contribution in [3.05, 3.63) is 210 Å². The lowest BCUT2D eigenvalue weighted by Crippen LogP contribution is -2.37. The number of aromatic carboxylic acids is 1. The number of anilines is 1. The van der Waals surface area contributed by atoms with Crippen molar-refractivity contribution in [1.82, 2.24) is 9.55 Å². The van der Waals surface area contributed by atoms with Crippen LogP contribution >= 0.6 is 0 Å². The lowest BCUT2D eigenvalue weighted by atomic mass is 9.77. The normalized spacial score (nSPS) is 11.6. The maximum Gasteiger partial charge on any atom is 0.336 e. The minimum Gasteiger partial charge on any atom is -0.478 e. The Labute approximate surface area is 291 Å². The average molecular weight is 676 g/mol. The van der Waals surface area contributed by atoms with Crippen LogP contribution in [0.2, 0.25) is 0 Å². The van der Waals surface area contributed by atoms with E-state index in [1.807, 2.05) is 83.6 Å². The van der Waals surface area contributed by atoms with Crippen molar-refractivity contribution < 1.29 is 18.3 Å². The lowest BCUT2D eigenvalue weighted by molar-refractivity contribution is 0.0697. The Morgan fingerprint density at radius 2 is 1.14 bits per heavy atom. The predicted molar refractivity (Wildman–Crippen MR) is 195 cm³/mol. The van der Waals surface area contributed by atoms with Gasteiger partial charge in [-0.05, 0) is 58.1 Å². The molecule has 1 aromatic heterocycles. The van der Waals surface area contributed by atoms with E-state index in [1.165, 1.54) is 16.4 Å². The molecule has 50 heavy (non-hydrogen) atoms. The summed E-state index contributed by atoms with van der Waals surface area (Å²) in [5.74, 6) is -1.11. The molecule has 0 spiro atoms. The van der Waals surface area contributed by atoms with Gasteiger partial charge in [-0.2, -0.15) is 0 Å². The Balaban J connectivity index is 1.40. The summed E-state index contributed by atoms with van der Waals surface area (Å²) in [6, 6.07) is 52.4. The molecule has 0 amide bonds. The number of sulfonamides is 1. The third-order valence-electron chi connectivity index (χ3n) is 8.84. The molecular weight excluding hydrogens is 643 g/mol. The van der Waals surface area contributed by atoms with Gasteiger partial charge in [-0.25, -0.2) is 18.2 Å². The summed E-state index contributed by atoms with van der Waals surface area (Å²) >= 11 is 0. The highest BCUT2D eigenvalue weighted by Crippen LogP contribution is 2.41. The third kappa shape index (κ3) is 5.97. The van der Waals surface area contributed by atoms with Crippen LogP contribution in [0.5, 0.6) is 0 Å². The molecule has 246 valence electrons. The molecule has 0 atom stereocenters. The summed E-state index contributed by atoms with van der Waals surface area (Å²) < 4.78 is 32.2. The molecule has 1 heterocycles. The smallest absolute Gasteiger partial charge is 0.336 e. The molecule has 0 saturated heterocycles. The first-order valence-electron chi connectivity index (χ1n) is 16.1. The number of nitrogens with zero attached hydrogens (tertiary/aromatic N) is 3. The fraction of sp³-hybridized carbons (Fsp3) is 0.0476. The second kappa shape index (κ2) is 13.7. The van der Waals surface area contributed by atoms with Crippen molar-refractivity contribution in [1.29, 1.82) is 0 Å². The molecule has 0 aliphatic carbocycles. The topological polar surface area (TPSA) is 92.5 Å². The molecule has 8 heteroatoms. The summed E-state index contributed by atoms with van der Waals surface area (Å²) in [5.41, 5.74) is 4.14. The van der Waals surface area contributed by atoms with Gasteiger partial charge < -0.3 is 9.67 Å².